The average Bonchev–Trinajstić information content (AvgIpc) is 2.87. The first-order chi connectivity index (χ1) is 17.0. The van der Waals surface area contributed by atoms with Crippen LogP contribution in [0.25, 0.3) is 0 Å². The normalized spacial score (nSPS) is 21.8. The summed E-state index contributed by atoms with van der Waals surface area (Å²) in [5, 5.41) is 0. The van der Waals surface area contributed by atoms with E-state index in [0.717, 1.165) is 22.6 Å². The van der Waals surface area contributed by atoms with Gasteiger partial charge in [-0.25, -0.2) is 0 Å². The predicted octanol–water partition coefficient (Wildman–Crippen LogP) is 4.47. The van der Waals surface area contributed by atoms with Gasteiger partial charge in [0.15, 0.2) is 5.78 Å². The number of carbonyl (C=O) groups is 2. The van der Waals surface area contributed by atoms with Gasteiger partial charge in [-0.3, -0.25) is 14.6 Å². The molecule has 0 saturated carbocycles. The third kappa shape index (κ3) is 5.00. The monoisotopic (exact) mass is 477 g/mol. The number of esters is 1. The summed E-state index contributed by atoms with van der Waals surface area (Å²) in [5.41, 5.74) is 3.79. The minimum absolute atomic E-state index is 0.00563. The van der Waals surface area contributed by atoms with Crippen LogP contribution in [0.15, 0.2) is 64.8 Å². The summed E-state index contributed by atoms with van der Waals surface area (Å²) in [4.78, 5) is 31.7. The van der Waals surface area contributed by atoms with E-state index in [2.05, 4.69) is 0 Å². The highest BCUT2D eigenvalue weighted by molar-refractivity contribution is 6.09. The fourth-order valence-electron chi connectivity index (χ4n) is 5.05. The number of ether oxygens (including phenoxy) is 4. The Morgan fingerprint density at radius 1 is 0.971 bits per heavy atom. The lowest BCUT2D eigenvalue weighted by Gasteiger charge is -2.37. The van der Waals surface area contributed by atoms with Crippen molar-refractivity contribution in [3.63, 3.8) is 0 Å². The van der Waals surface area contributed by atoms with Crippen LogP contribution in [0.2, 0.25) is 0 Å². The number of hydrogen-bond acceptors (Lipinski definition) is 7. The number of methoxy groups -OCH3 is 3. The van der Waals surface area contributed by atoms with Crippen LogP contribution in [-0.4, -0.2) is 52.0 Å². The second-order valence-corrected chi connectivity index (χ2v) is 8.77. The Kier molecular flexibility index (Phi) is 7.66. The quantitative estimate of drug-likeness (QED) is 0.412. The Hall–Kier alpha value is -3.45. The van der Waals surface area contributed by atoms with Crippen molar-refractivity contribution in [1.29, 1.82) is 0 Å². The molecule has 7 nitrogen and oxygen atoms in total. The molecule has 0 saturated heterocycles. The Morgan fingerprint density at radius 2 is 1.71 bits per heavy atom. The molecule has 2 aromatic carbocycles. The summed E-state index contributed by atoms with van der Waals surface area (Å²) in [6.45, 7) is 2.26. The smallest absolute Gasteiger partial charge is 0.315 e. The van der Waals surface area contributed by atoms with Crippen LogP contribution >= 0.6 is 0 Å². The summed E-state index contributed by atoms with van der Waals surface area (Å²) >= 11 is 0. The zero-order chi connectivity index (χ0) is 24.9. The number of allylic oxidation sites excluding steroid dienone is 2. The molecule has 1 heterocycles. The van der Waals surface area contributed by atoms with Crippen molar-refractivity contribution in [2.45, 2.75) is 31.6 Å². The van der Waals surface area contributed by atoms with Crippen LogP contribution in [0.5, 0.6) is 11.5 Å². The number of rotatable bonds is 8. The molecule has 7 heteroatoms. The second kappa shape index (κ2) is 10.9. The number of benzene rings is 2. The zero-order valence-corrected chi connectivity index (χ0v) is 20.6. The molecule has 0 aromatic heterocycles. The van der Waals surface area contributed by atoms with Gasteiger partial charge in [-0.05, 0) is 43.0 Å². The number of aliphatic imine (C=N–C) groups is 1. The maximum Gasteiger partial charge on any atom is 0.315 e. The first kappa shape index (κ1) is 24.7. The van der Waals surface area contributed by atoms with E-state index in [9.17, 15) is 9.59 Å². The first-order valence-corrected chi connectivity index (χ1v) is 11.7. The maximum absolute atomic E-state index is 13.7. The molecule has 1 unspecified atom stereocenters. The highest BCUT2D eigenvalue weighted by Gasteiger charge is 2.45. The minimum Gasteiger partial charge on any atom is -0.497 e. The molecular formula is C28H31NO6. The molecule has 35 heavy (non-hydrogen) atoms. The van der Waals surface area contributed by atoms with Gasteiger partial charge in [0.2, 0.25) is 0 Å². The highest BCUT2D eigenvalue weighted by Crippen LogP contribution is 2.48. The lowest BCUT2D eigenvalue weighted by atomic mass is 9.69. The molecule has 2 aromatic rings. The van der Waals surface area contributed by atoms with E-state index in [1.165, 1.54) is 0 Å². The number of nitrogens with zero attached hydrogens (tertiary/aromatic N) is 1. The van der Waals surface area contributed by atoms with Gasteiger partial charge in [0.1, 0.15) is 24.0 Å². The molecule has 3 atom stereocenters. The van der Waals surface area contributed by atoms with Crippen LogP contribution < -0.4 is 9.47 Å². The molecule has 184 valence electrons. The standard InChI is InChI=1S/C28H31NO6/c1-17-25(28(31)35-14-13-32-2)26(21-7-5-6-8-24(21)34-4)27-22(29-17)15-19(16-23(27)30)18-9-11-20(33-3)12-10-18/h5-12,19,25-26H,13-16H2,1-4H3/t19-,25?,26-/m1/s1. The van der Waals surface area contributed by atoms with Gasteiger partial charge in [-0.2, -0.15) is 0 Å². The lowest BCUT2D eigenvalue weighted by Crippen LogP contribution is -2.38. The average molecular weight is 478 g/mol. The van der Waals surface area contributed by atoms with Gasteiger partial charge in [0.05, 0.1) is 20.8 Å². The SMILES string of the molecule is COCCOC(=O)C1C(C)=NC2=C(C(=O)C[C@H](c3ccc(OC)cc3)C2)[C@@H]1c1ccccc1OC. The van der Waals surface area contributed by atoms with Gasteiger partial charge >= 0.3 is 5.97 Å². The Morgan fingerprint density at radius 3 is 2.40 bits per heavy atom. The van der Waals surface area contributed by atoms with Crippen molar-refractivity contribution in [3.05, 3.63) is 70.9 Å². The van der Waals surface area contributed by atoms with Gasteiger partial charge in [-0.1, -0.05) is 30.3 Å². The van der Waals surface area contributed by atoms with Gasteiger partial charge in [0, 0.05) is 42.0 Å². The lowest BCUT2D eigenvalue weighted by molar-refractivity contribution is -0.147. The summed E-state index contributed by atoms with van der Waals surface area (Å²) in [6.07, 6.45) is 0.957. The predicted molar refractivity (Wildman–Crippen MR) is 132 cm³/mol. The third-order valence-electron chi connectivity index (χ3n) is 6.74. The third-order valence-corrected chi connectivity index (χ3v) is 6.74. The fourth-order valence-corrected chi connectivity index (χ4v) is 5.05. The van der Waals surface area contributed by atoms with Crippen LogP contribution in [0, 0.1) is 5.92 Å². The number of carbonyl (C=O) groups excluding carboxylic acids is 2. The largest absolute Gasteiger partial charge is 0.497 e. The fraction of sp³-hybridized carbons (Fsp3) is 0.393. The number of para-hydroxylation sites is 1. The maximum atomic E-state index is 13.7. The van der Waals surface area contributed by atoms with Gasteiger partial charge in [0.25, 0.3) is 0 Å². The second-order valence-electron chi connectivity index (χ2n) is 8.77. The van der Waals surface area contributed by atoms with E-state index in [1.54, 1.807) is 21.3 Å². The zero-order valence-electron chi connectivity index (χ0n) is 20.6. The van der Waals surface area contributed by atoms with E-state index in [0.29, 0.717) is 36.5 Å². The van der Waals surface area contributed by atoms with E-state index >= 15 is 0 Å². The van der Waals surface area contributed by atoms with Crippen molar-refractivity contribution < 1.29 is 28.5 Å². The molecule has 0 radical (unpaired) electrons. The van der Waals surface area contributed by atoms with Crippen molar-refractivity contribution in [2.75, 3.05) is 34.5 Å². The molecule has 1 aliphatic carbocycles. The molecule has 4 rings (SSSR count). The number of hydrogen-bond donors (Lipinski definition) is 0. The number of Topliss-reactive ketones (excluding diaryl/α,β-unsaturated/α-hetero) is 1. The molecule has 0 fully saturated rings. The minimum atomic E-state index is -0.719. The Labute approximate surface area is 205 Å². The molecular weight excluding hydrogens is 446 g/mol. The summed E-state index contributed by atoms with van der Waals surface area (Å²) < 4.78 is 21.4. The van der Waals surface area contributed by atoms with E-state index < -0.39 is 17.8 Å². The van der Waals surface area contributed by atoms with Crippen LogP contribution in [0.4, 0.5) is 0 Å². The van der Waals surface area contributed by atoms with Crippen LogP contribution in [-0.2, 0) is 19.1 Å². The summed E-state index contributed by atoms with van der Waals surface area (Å²) in [5.74, 6) is -0.273. The topological polar surface area (TPSA) is 83.4 Å². The Bertz CT molecular complexity index is 1150. The van der Waals surface area contributed by atoms with Gasteiger partial charge < -0.3 is 18.9 Å². The summed E-state index contributed by atoms with van der Waals surface area (Å²) in [6, 6.07) is 15.3. The first-order valence-electron chi connectivity index (χ1n) is 11.7. The molecule has 0 bridgehead atoms. The van der Waals surface area contributed by atoms with E-state index in [-0.39, 0.29) is 18.3 Å². The van der Waals surface area contributed by atoms with E-state index in [1.807, 2.05) is 55.5 Å². The van der Waals surface area contributed by atoms with Crippen molar-refractivity contribution in [2.24, 2.45) is 10.9 Å². The summed E-state index contributed by atoms with van der Waals surface area (Å²) in [7, 11) is 4.77. The van der Waals surface area contributed by atoms with Crippen molar-refractivity contribution >= 4 is 17.5 Å². The van der Waals surface area contributed by atoms with Crippen LogP contribution in [0.1, 0.15) is 42.7 Å². The molecule has 1 aliphatic heterocycles. The van der Waals surface area contributed by atoms with Crippen LogP contribution in [0.3, 0.4) is 0 Å². The molecule has 2 aliphatic rings. The number of ketones is 1. The Balaban J connectivity index is 1.76. The molecule has 0 amide bonds. The highest BCUT2D eigenvalue weighted by atomic mass is 16.6. The molecule has 0 spiro atoms. The van der Waals surface area contributed by atoms with Gasteiger partial charge in [-0.15, -0.1) is 0 Å². The molecule has 0 N–H and O–H groups in total. The van der Waals surface area contributed by atoms with Crippen molar-refractivity contribution in [1.82, 2.24) is 0 Å². The van der Waals surface area contributed by atoms with E-state index in [4.69, 9.17) is 23.9 Å². The van der Waals surface area contributed by atoms with Crippen molar-refractivity contribution in [3.8, 4) is 11.5 Å².